The zero-order valence-corrected chi connectivity index (χ0v) is 13.5. The van der Waals surface area contributed by atoms with Crippen molar-refractivity contribution in [1.29, 1.82) is 0 Å². The predicted molar refractivity (Wildman–Crippen MR) is 83.1 cm³/mol. The first-order valence-electron chi connectivity index (χ1n) is 8.77. The molecule has 1 N–H and O–H groups in total. The van der Waals surface area contributed by atoms with Crippen LogP contribution in [0.4, 0.5) is 0 Å². The van der Waals surface area contributed by atoms with E-state index in [1.165, 1.54) is 51.4 Å². The Morgan fingerprint density at radius 1 is 1.10 bits per heavy atom. The number of nitrogens with one attached hydrogen (secondary N) is 1. The third-order valence-electron chi connectivity index (χ3n) is 5.11. The highest BCUT2D eigenvalue weighted by Crippen LogP contribution is 2.38. The summed E-state index contributed by atoms with van der Waals surface area (Å²) in [4.78, 5) is 0. The van der Waals surface area contributed by atoms with Gasteiger partial charge in [0.25, 0.3) is 0 Å². The molecule has 2 aliphatic rings. The second-order valence-corrected chi connectivity index (χ2v) is 6.40. The lowest BCUT2D eigenvalue weighted by Gasteiger charge is -2.45. The molecule has 1 unspecified atom stereocenters. The van der Waals surface area contributed by atoms with Crippen LogP contribution in [0.15, 0.2) is 0 Å². The summed E-state index contributed by atoms with van der Waals surface area (Å²) in [5.74, 6) is 0.716. The van der Waals surface area contributed by atoms with E-state index < -0.39 is 0 Å². The number of ether oxygens (including phenoxy) is 2. The minimum absolute atomic E-state index is 0.0727. The third kappa shape index (κ3) is 3.96. The lowest BCUT2D eigenvalue weighted by Crippen LogP contribution is -2.57. The van der Waals surface area contributed by atoms with Crippen LogP contribution in [0.5, 0.6) is 0 Å². The molecule has 0 aromatic rings. The van der Waals surface area contributed by atoms with E-state index in [0.29, 0.717) is 12.0 Å². The zero-order chi connectivity index (χ0) is 14.3. The molecular weight excluding hydrogens is 250 g/mol. The summed E-state index contributed by atoms with van der Waals surface area (Å²) >= 11 is 0. The Morgan fingerprint density at radius 2 is 1.75 bits per heavy atom. The van der Waals surface area contributed by atoms with E-state index in [2.05, 4.69) is 19.2 Å². The molecule has 1 atom stereocenters. The molecule has 1 heterocycles. The molecule has 0 aromatic heterocycles. The molecule has 2 fully saturated rings. The van der Waals surface area contributed by atoms with Crippen LogP contribution in [0, 0.1) is 5.92 Å². The molecule has 0 bridgehead atoms. The first-order valence-corrected chi connectivity index (χ1v) is 8.77. The number of hydrogen-bond acceptors (Lipinski definition) is 3. The SMILES string of the molecule is CCNC(C1CCOCC1)C1(OCC)CCCCCC1. The van der Waals surface area contributed by atoms with Gasteiger partial charge >= 0.3 is 0 Å². The van der Waals surface area contributed by atoms with Crippen LogP contribution in [-0.2, 0) is 9.47 Å². The first kappa shape index (κ1) is 16.3. The van der Waals surface area contributed by atoms with Crippen molar-refractivity contribution < 1.29 is 9.47 Å². The van der Waals surface area contributed by atoms with Gasteiger partial charge in [-0.1, -0.05) is 32.6 Å². The van der Waals surface area contributed by atoms with Crippen molar-refractivity contribution >= 4 is 0 Å². The van der Waals surface area contributed by atoms with Crippen LogP contribution >= 0.6 is 0 Å². The van der Waals surface area contributed by atoms with Gasteiger partial charge in [-0.25, -0.2) is 0 Å². The minimum atomic E-state index is 0.0727. The average Bonchev–Trinajstić information content (AvgIpc) is 2.72. The van der Waals surface area contributed by atoms with E-state index >= 15 is 0 Å². The highest BCUT2D eigenvalue weighted by Gasteiger charge is 2.43. The van der Waals surface area contributed by atoms with E-state index in [-0.39, 0.29) is 5.60 Å². The van der Waals surface area contributed by atoms with Crippen molar-refractivity contribution in [1.82, 2.24) is 5.32 Å². The fourth-order valence-electron chi connectivity index (χ4n) is 4.21. The largest absolute Gasteiger partial charge is 0.381 e. The van der Waals surface area contributed by atoms with Crippen molar-refractivity contribution in [2.45, 2.75) is 76.9 Å². The van der Waals surface area contributed by atoms with Gasteiger partial charge < -0.3 is 14.8 Å². The summed E-state index contributed by atoms with van der Waals surface area (Å²) in [5.41, 5.74) is 0.0727. The number of hydrogen-bond donors (Lipinski definition) is 1. The fraction of sp³-hybridized carbons (Fsp3) is 1.00. The molecule has 20 heavy (non-hydrogen) atoms. The predicted octanol–water partition coefficient (Wildman–Crippen LogP) is 3.52. The molecule has 0 spiro atoms. The van der Waals surface area contributed by atoms with Crippen molar-refractivity contribution in [3.05, 3.63) is 0 Å². The van der Waals surface area contributed by atoms with E-state index in [4.69, 9.17) is 9.47 Å². The summed E-state index contributed by atoms with van der Waals surface area (Å²) in [7, 11) is 0. The van der Waals surface area contributed by atoms with E-state index in [0.717, 1.165) is 26.4 Å². The average molecular weight is 283 g/mol. The summed E-state index contributed by atoms with van der Waals surface area (Å²) in [6, 6.07) is 0.509. The zero-order valence-electron chi connectivity index (χ0n) is 13.5. The van der Waals surface area contributed by atoms with Crippen molar-refractivity contribution in [3.63, 3.8) is 0 Å². The Hall–Kier alpha value is -0.120. The fourth-order valence-corrected chi connectivity index (χ4v) is 4.21. The molecule has 0 aromatic carbocycles. The lowest BCUT2D eigenvalue weighted by molar-refractivity contribution is -0.100. The maximum atomic E-state index is 6.42. The Morgan fingerprint density at radius 3 is 2.30 bits per heavy atom. The minimum Gasteiger partial charge on any atom is -0.381 e. The number of likely N-dealkylation sites (N-methyl/N-ethyl adjacent to an activating group) is 1. The van der Waals surface area contributed by atoms with Gasteiger partial charge in [0.2, 0.25) is 0 Å². The van der Waals surface area contributed by atoms with Gasteiger partial charge in [0.1, 0.15) is 0 Å². The lowest BCUT2D eigenvalue weighted by atomic mass is 9.76. The van der Waals surface area contributed by atoms with E-state index in [9.17, 15) is 0 Å². The molecule has 1 saturated carbocycles. The number of rotatable bonds is 6. The molecule has 118 valence electrons. The second-order valence-electron chi connectivity index (χ2n) is 6.40. The van der Waals surface area contributed by atoms with Gasteiger partial charge in [0.05, 0.1) is 5.60 Å². The second kappa shape index (κ2) is 8.35. The van der Waals surface area contributed by atoms with Crippen molar-refractivity contribution in [2.24, 2.45) is 5.92 Å². The van der Waals surface area contributed by atoms with Crippen LogP contribution in [0.3, 0.4) is 0 Å². The van der Waals surface area contributed by atoms with Gasteiger partial charge in [-0.05, 0) is 45.1 Å². The van der Waals surface area contributed by atoms with Crippen LogP contribution < -0.4 is 5.32 Å². The smallest absolute Gasteiger partial charge is 0.0837 e. The quantitative estimate of drug-likeness (QED) is 0.757. The third-order valence-corrected chi connectivity index (χ3v) is 5.11. The highest BCUT2D eigenvalue weighted by molar-refractivity contribution is 4.98. The first-order chi connectivity index (χ1) is 9.82. The van der Waals surface area contributed by atoms with Crippen LogP contribution in [0.25, 0.3) is 0 Å². The Kier molecular flexibility index (Phi) is 6.79. The van der Waals surface area contributed by atoms with Gasteiger partial charge in [0.15, 0.2) is 0 Å². The highest BCUT2D eigenvalue weighted by atomic mass is 16.5. The normalized spacial score (nSPS) is 26.1. The molecular formula is C17H33NO2. The summed E-state index contributed by atoms with van der Waals surface area (Å²) in [6.07, 6.45) is 10.2. The van der Waals surface area contributed by atoms with Crippen molar-refractivity contribution in [3.8, 4) is 0 Å². The Bertz CT molecular complexity index is 256. The summed E-state index contributed by atoms with van der Waals surface area (Å²) in [5, 5.41) is 3.79. The van der Waals surface area contributed by atoms with Crippen LogP contribution in [0.1, 0.15) is 65.2 Å². The Labute approximate surface area is 124 Å². The van der Waals surface area contributed by atoms with Gasteiger partial charge in [-0.15, -0.1) is 0 Å². The molecule has 1 saturated heterocycles. The molecule has 3 nitrogen and oxygen atoms in total. The van der Waals surface area contributed by atoms with Crippen LogP contribution in [-0.4, -0.2) is 38.0 Å². The van der Waals surface area contributed by atoms with Crippen molar-refractivity contribution in [2.75, 3.05) is 26.4 Å². The van der Waals surface area contributed by atoms with E-state index in [1.54, 1.807) is 0 Å². The summed E-state index contributed by atoms with van der Waals surface area (Å²) in [6.45, 7) is 8.10. The Balaban J connectivity index is 2.15. The standard InChI is InChI=1S/C17H33NO2/c1-3-18-16(15-9-13-19-14-10-15)17(20-4-2)11-7-5-6-8-12-17/h15-16,18H,3-14H2,1-2H3. The molecule has 2 rings (SSSR count). The molecule has 0 amide bonds. The van der Waals surface area contributed by atoms with Gasteiger partial charge in [-0.3, -0.25) is 0 Å². The maximum absolute atomic E-state index is 6.42. The molecule has 0 radical (unpaired) electrons. The molecule has 3 heteroatoms. The van der Waals surface area contributed by atoms with E-state index in [1.807, 2.05) is 0 Å². The molecule has 1 aliphatic carbocycles. The van der Waals surface area contributed by atoms with Crippen LogP contribution in [0.2, 0.25) is 0 Å². The molecule has 1 aliphatic heterocycles. The topological polar surface area (TPSA) is 30.5 Å². The monoisotopic (exact) mass is 283 g/mol. The summed E-state index contributed by atoms with van der Waals surface area (Å²) < 4.78 is 12.0. The maximum Gasteiger partial charge on any atom is 0.0837 e. The van der Waals surface area contributed by atoms with Gasteiger partial charge in [-0.2, -0.15) is 0 Å². The van der Waals surface area contributed by atoms with Gasteiger partial charge in [0, 0.05) is 25.9 Å².